The van der Waals surface area contributed by atoms with Gasteiger partial charge < -0.3 is 10.4 Å². The smallest absolute Gasteiger partial charge is 0.224 e. The van der Waals surface area contributed by atoms with E-state index in [9.17, 15) is 9.90 Å². The average molecular weight is 235 g/mol. The molecule has 3 heteroatoms. The Hall–Kier alpha value is -1.51. The molecule has 0 unspecified atom stereocenters. The molecule has 2 N–H and O–H groups in total. The van der Waals surface area contributed by atoms with E-state index in [4.69, 9.17) is 0 Å². The number of hydrogen-bond acceptors (Lipinski definition) is 2. The van der Waals surface area contributed by atoms with Gasteiger partial charge in [-0.1, -0.05) is 38.3 Å². The maximum Gasteiger partial charge on any atom is 0.224 e. The number of aromatic hydroxyl groups is 1. The predicted molar refractivity (Wildman–Crippen MR) is 69.0 cm³/mol. The quantitative estimate of drug-likeness (QED) is 0.714. The fourth-order valence-corrected chi connectivity index (χ4v) is 1.69. The summed E-state index contributed by atoms with van der Waals surface area (Å²) in [6, 6.07) is 6.82. The molecule has 1 amide bonds. The van der Waals surface area contributed by atoms with Crippen molar-refractivity contribution in [3.05, 3.63) is 29.8 Å². The summed E-state index contributed by atoms with van der Waals surface area (Å²) < 4.78 is 0. The van der Waals surface area contributed by atoms with Gasteiger partial charge in [0.2, 0.25) is 5.91 Å². The number of amides is 1. The third-order valence-corrected chi connectivity index (χ3v) is 2.63. The lowest BCUT2D eigenvalue weighted by molar-refractivity contribution is -0.120. The van der Waals surface area contributed by atoms with Crippen molar-refractivity contribution in [1.29, 1.82) is 0 Å². The number of rotatable bonds is 7. The Bertz CT molecular complexity index is 350. The molecular weight excluding hydrogens is 214 g/mol. The molecule has 0 saturated carbocycles. The zero-order valence-electron chi connectivity index (χ0n) is 10.4. The number of carbonyl (C=O) groups is 1. The van der Waals surface area contributed by atoms with Crippen LogP contribution in [0.3, 0.4) is 0 Å². The van der Waals surface area contributed by atoms with Gasteiger partial charge in [-0.05, 0) is 24.1 Å². The van der Waals surface area contributed by atoms with Gasteiger partial charge in [0.1, 0.15) is 5.75 Å². The number of unbranched alkanes of at least 4 members (excludes halogenated alkanes) is 3. The van der Waals surface area contributed by atoms with Gasteiger partial charge in [0.05, 0.1) is 6.42 Å². The lowest BCUT2D eigenvalue weighted by atomic mass is 10.1. The Balaban J connectivity index is 2.21. The van der Waals surface area contributed by atoms with Crippen LogP contribution < -0.4 is 5.32 Å². The van der Waals surface area contributed by atoms with E-state index in [1.54, 1.807) is 18.2 Å². The molecule has 3 nitrogen and oxygen atoms in total. The highest BCUT2D eigenvalue weighted by Gasteiger charge is 2.02. The van der Waals surface area contributed by atoms with E-state index in [0.717, 1.165) is 18.5 Å². The summed E-state index contributed by atoms with van der Waals surface area (Å²) in [7, 11) is 0. The Kier molecular flexibility index (Phi) is 6.15. The van der Waals surface area contributed by atoms with E-state index in [2.05, 4.69) is 12.2 Å². The molecule has 0 bridgehead atoms. The summed E-state index contributed by atoms with van der Waals surface area (Å²) in [5.41, 5.74) is 0.844. The predicted octanol–water partition coefficient (Wildman–Crippen LogP) is 2.63. The standard InChI is InChI=1S/C14H21NO2/c1-2-3-4-5-9-15-14(17)11-12-7-6-8-13(16)10-12/h6-8,10,16H,2-5,9,11H2,1H3,(H,15,17). The van der Waals surface area contributed by atoms with Crippen LogP contribution in [-0.4, -0.2) is 17.6 Å². The van der Waals surface area contributed by atoms with Crippen LogP contribution in [0.25, 0.3) is 0 Å². The zero-order valence-corrected chi connectivity index (χ0v) is 10.4. The van der Waals surface area contributed by atoms with Crippen molar-refractivity contribution in [3.8, 4) is 5.75 Å². The van der Waals surface area contributed by atoms with Crippen LogP contribution in [0.4, 0.5) is 0 Å². The maximum atomic E-state index is 11.6. The third kappa shape index (κ3) is 5.95. The Labute approximate surface area is 103 Å². The van der Waals surface area contributed by atoms with E-state index in [-0.39, 0.29) is 11.7 Å². The van der Waals surface area contributed by atoms with Crippen LogP contribution in [-0.2, 0) is 11.2 Å². The molecule has 1 rings (SSSR count). The van der Waals surface area contributed by atoms with Gasteiger partial charge in [-0.2, -0.15) is 0 Å². The van der Waals surface area contributed by atoms with Crippen LogP contribution in [0.5, 0.6) is 5.75 Å². The zero-order chi connectivity index (χ0) is 12.5. The number of hydrogen-bond donors (Lipinski definition) is 2. The molecule has 0 spiro atoms. The van der Waals surface area contributed by atoms with E-state index >= 15 is 0 Å². The molecule has 1 aromatic carbocycles. The highest BCUT2D eigenvalue weighted by Crippen LogP contribution is 2.11. The van der Waals surface area contributed by atoms with Gasteiger partial charge in [-0.25, -0.2) is 0 Å². The highest BCUT2D eigenvalue weighted by atomic mass is 16.3. The van der Waals surface area contributed by atoms with Gasteiger partial charge in [-0.15, -0.1) is 0 Å². The average Bonchev–Trinajstić information content (AvgIpc) is 2.29. The number of phenols is 1. The highest BCUT2D eigenvalue weighted by molar-refractivity contribution is 5.78. The molecule has 0 aliphatic heterocycles. The van der Waals surface area contributed by atoms with Gasteiger partial charge >= 0.3 is 0 Å². The van der Waals surface area contributed by atoms with E-state index in [0.29, 0.717) is 6.42 Å². The molecule has 0 aliphatic rings. The molecule has 1 aromatic rings. The minimum atomic E-state index is 0.0205. The SMILES string of the molecule is CCCCCCNC(=O)Cc1cccc(O)c1. The van der Waals surface area contributed by atoms with Crippen molar-refractivity contribution in [3.63, 3.8) is 0 Å². The monoisotopic (exact) mass is 235 g/mol. The second-order valence-corrected chi connectivity index (χ2v) is 4.26. The third-order valence-electron chi connectivity index (χ3n) is 2.63. The van der Waals surface area contributed by atoms with Crippen molar-refractivity contribution in [2.75, 3.05) is 6.54 Å². The van der Waals surface area contributed by atoms with Crippen molar-refractivity contribution in [1.82, 2.24) is 5.32 Å². The topological polar surface area (TPSA) is 49.3 Å². The van der Waals surface area contributed by atoms with Crippen LogP contribution in [0, 0.1) is 0 Å². The molecule has 0 saturated heterocycles. The Morgan fingerprint density at radius 3 is 2.82 bits per heavy atom. The van der Waals surface area contributed by atoms with Gasteiger partial charge in [-0.3, -0.25) is 4.79 Å². The first-order chi connectivity index (χ1) is 8.22. The van der Waals surface area contributed by atoms with Gasteiger partial charge in [0, 0.05) is 6.54 Å². The minimum Gasteiger partial charge on any atom is -0.508 e. The molecule has 0 radical (unpaired) electrons. The molecule has 0 atom stereocenters. The number of phenolic OH excluding ortho intramolecular Hbond substituents is 1. The molecule has 0 fully saturated rings. The number of nitrogens with one attached hydrogen (secondary N) is 1. The van der Waals surface area contributed by atoms with Crippen molar-refractivity contribution in [2.24, 2.45) is 0 Å². The molecule has 94 valence electrons. The lowest BCUT2D eigenvalue weighted by Crippen LogP contribution is -2.26. The second kappa shape index (κ2) is 7.71. The lowest BCUT2D eigenvalue weighted by Gasteiger charge is -2.05. The first-order valence-corrected chi connectivity index (χ1v) is 6.27. The first-order valence-electron chi connectivity index (χ1n) is 6.27. The van der Waals surface area contributed by atoms with Crippen LogP contribution in [0.2, 0.25) is 0 Å². The summed E-state index contributed by atoms with van der Waals surface area (Å²) >= 11 is 0. The molecule has 0 aliphatic carbocycles. The minimum absolute atomic E-state index is 0.0205. The number of benzene rings is 1. The fraction of sp³-hybridized carbons (Fsp3) is 0.500. The molecule has 17 heavy (non-hydrogen) atoms. The first kappa shape index (κ1) is 13.6. The second-order valence-electron chi connectivity index (χ2n) is 4.26. The molecular formula is C14H21NO2. The summed E-state index contributed by atoms with van der Waals surface area (Å²) in [4.78, 5) is 11.6. The normalized spacial score (nSPS) is 10.2. The maximum absolute atomic E-state index is 11.6. The summed E-state index contributed by atoms with van der Waals surface area (Å²) in [5.74, 6) is 0.227. The summed E-state index contributed by atoms with van der Waals surface area (Å²) in [6.45, 7) is 2.91. The summed E-state index contributed by atoms with van der Waals surface area (Å²) in [6.07, 6.45) is 4.98. The van der Waals surface area contributed by atoms with Gasteiger partial charge in [0.25, 0.3) is 0 Å². The van der Waals surface area contributed by atoms with Crippen molar-refractivity contribution < 1.29 is 9.90 Å². The Morgan fingerprint density at radius 2 is 2.12 bits per heavy atom. The fourth-order valence-electron chi connectivity index (χ4n) is 1.69. The van der Waals surface area contributed by atoms with Crippen LogP contribution in [0.1, 0.15) is 38.2 Å². The van der Waals surface area contributed by atoms with Crippen molar-refractivity contribution in [2.45, 2.75) is 39.0 Å². The molecule has 0 heterocycles. The van der Waals surface area contributed by atoms with Crippen LogP contribution in [0.15, 0.2) is 24.3 Å². The van der Waals surface area contributed by atoms with E-state index in [1.165, 1.54) is 19.3 Å². The van der Waals surface area contributed by atoms with Crippen LogP contribution >= 0.6 is 0 Å². The molecule has 0 aromatic heterocycles. The van der Waals surface area contributed by atoms with Crippen molar-refractivity contribution >= 4 is 5.91 Å². The van der Waals surface area contributed by atoms with E-state index in [1.807, 2.05) is 6.07 Å². The summed E-state index contributed by atoms with van der Waals surface area (Å²) in [5, 5.41) is 12.2. The largest absolute Gasteiger partial charge is 0.508 e. The number of carbonyl (C=O) groups excluding carboxylic acids is 1. The van der Waals surface area contributed by atoms with E-state index < -0.39 is 0 Å². The van der Waals surface area contributed by atoms with Gasteiger partial charge in [0.15, 0.2) is 0 Å². The Morgan fingerprint density at radius 1 is 1.29 bits per heavy atom.